The van der Waals surface area contributed by atoms with Crippen LogP contribution >= 0.6 is 0 Å². The lowest BCUT2D eigenvalue weighted by Crippen LogP contribution is -1.94. The number of hydrogen-bond acceptors (Lipinski definition) is 3. The summed E-state index contributed by atoms with van der Waals surface area (Å²) in [6.07, 6.45) is 0. The molecule has 0 N–H and O–H groups in total. The smallest absolute Gasteiger partial charge is 0.148 e. The van der Waals surface area contributed by atoms with Crippen LogP contribution in [0.3, 0.4) is 0 Å². The number of aliphatic imine (C=N–C) groups is 2. The average molecular weight is 358 g/mol. The van der Waals surface area contributed by atoms with E-state index in [-0.39, 0.29) is 0 Å². The second-order valence-electron chi connectivity index (χ2n) is 7.14. The summed E-state index contributed by atoms with van der Waals surface area (Å²) in [7, 11) is 0. The lowest BCUT2D eigenvalue weighted by Gasteiger charge is -2.04. The van der Waals surface area contributed by atoms with Gasteiger partial charge in [-0.1, -0.05) is 35.4 Å². The zero-order chi connectivity index (χ0) is 19.6. The third kappa shape index (κ3) is 4.43. The van der Waals surface area contributed by atoms with Gasteiger partial charge in [0.1, 0.15) is 11.5 Å². The molecular formula is C24H26N2O. The zero-order valence-corrected chi connectivity index (χ0v) is 16.9. The Morgan fingerprint density at radius 2 is 1.04 bits per heavy atom. The van der Waals surface area contributed by atoms with Gasteiger partial charge in [-0.3, -0.25) is 0 Å². The Morgan fingerprint density at radius 3 is 1.41 bits per heavy atom. The maximum atomic E-state index is 6.02. The van der Waals surface area contributed by atoms with Crippen molar-refractivity contribution >= 4 is 22.8 Å². The van der Waals surface area contributed by atoms with E-state index in [1.54, 1.807) is 0 Å². The Morgan fingerprint density at radius 1 is 0.630 bits per heavy atom. The summed E-state index contributed by atoms with van der Waals surface area (Å²) in [6.45, 7) is 12.3. The molecule has 3 heteroatoms. The van der Waals surface area contributed by atoms with E-state index < -0.39 is 0 Å². The zero-order valence-electron chi connectivity index (χ0n) is 16.9. The fraction of sp³-hybridized carbons (Fsp3) is 0.250. The number of furan rings is 1. The van der Waals surface area contributed by atoms with Gasteiger partial charge in [-0.2, -0.15) is 0 Å². The van der Waals surface area contributed by atoms with Crippen molar-refractivity contribution in [2.24, 2.45) is 9.98 Å². The molecule has 0 aliphatic rings. The lowest BCUT2D eigenvalue weighted by molar-refractivity contribution is 0.548. The van der Waals surface area contributed by atoms with Gasteiger partial charge in [-0.05, 0) is 76.9 Å². The Bertz CT molecular complexity index is 956. The van der Waals surface area contributed by atoms with Crippen molar-refractivity contribution in [2.45, 2.75) is 41.5 Å². The largest absolute Gasteiger partial charge is 0.454 e. The Hall–Kier alpha value is -2.94. The third-order valence-corrected chi connectivity index (χ3v) is 4.60. The first-order valence-corrected chi connectivity index (χ1v) is 9.19. The van der Waals surface area contributed by atoms with Crippen LogP contribution in [0.25, 0.3) is 0 Å². The molecule has 0 aliphatic carbocycles. The van der Waals surface area contributed by atoms with Gasteiger partial charge in [0.05, 0.1) is 22.8 Å². The predicted octanol–water partition coefficient (Wildman–Crippen LogP) is 6.79. The number of aryl methyl sites for hydroxylation is 4. The molecule has 1 heterocycles. The first-order valence-electron chi connectivity index (χ1n) is 9.19. The van der Waals surface area contributed by atoms with Gasteiger partial charge in [0.25, 0.3) is 0 Å². The minimum atomic E-state index is 0.764. The van der Waals surface area contributed by atoms with E-state index >= 15 is 0 Å². The van der Waals surface area contributed by atoms with Gasteiger partial charge >= 0.3 is 0 Å². The summed E-state index contributed by atoms with van der Waals surface area (Å²) in [6, 6.07) is 16.4. The van der Waals surface area contributed by atoms with Crippen LogP contribution in [0, 0.1) is 27.7 Å². The van der Waals surface area contributed by atoms with Crippen molar-refractivity contribution in [1.82, 2.24) is 0 Å². The van der Waals surface area contributed by atoms with Gasteiger partial charge < -0.3 is 4.42 Å². The van der Waals surface area contributed by atoms with Gasteiger partial charge in [0.2, 0.25) is 0 Å². The first kappa shape index (κ1) is 18.8. The molecule has 0 spiro atoms. The lowest BCUT2D eigenvalue weighted by atomic mass is 10.1. The van der Waals surface area contributed by atoms with Crippen LogP contribution in [0.4, 0.5) is 11.4 Å². The van der Waals surface area contributed by atoms with Crippen molar-refractivity contribution in [3.05, 3.63) is 82.3 Å². The van der Waals surface area contributed by atoms with Crippen LogP contribution in [0.5, 0.6) is 0 Å². The van der Waals surface area contributed by atoms with Crippen LogP contribution in [-0.4, -0.2) is 11.4 Å². The van der Waals surface area contributed by atoms with E-state index in [0.717, 1.165) is 45.4 Å². The highest BCUT2D eigenvalue weighted by Crippen LogP contribution is 2.23. The van der Waals surface area contributed by atoms with Crippen LogP contribution < -0.4 is 0 Å². The molecule has 3 aromatic rings. The number of hydrogen-bond donors (Lipinski definition) is 0. The van der Waals surface area contributed by atoms with E-state index in [4.69, 9.17) is 14.4 Å². The van der Waals surface area contributed by atoms with E-state index in [2.05, 4.69) is 52.0 Å². The number of nitrogens with zero attached hydrogens (tertiary/aromatic N) is 2. The second kappa shape index (κ2) is 7.75. The highest BCUT2D eigenvalue weighted by atomic mass is 16.3. The van der Waals surface area contributed by atoms with Crippen molar-refractivity contribution in [3.8, 4) is 0 Å². The Balaban J connectivity index is 1.87. The molecule has 0 amide bonds. The first-order chi connectivity index (χ1) is 12.8. The van der Waals surface area contributed by atoms with Crippen molar-refractivity contribution in [3.63, 3.8) is 0 Å². The monoisotopic (exact) mass is 358 g/mol. The fourth-order valence-electron chi connectivity index (χ4n) is 3.06. The van der Waals surface area contributed by atoms with Crippen LogP contribution in [0.1, 0.15) is 47.6 Å². The SMILES string of the molecule is C/C(=N\c1ccc(C)cc1C)c1ccc(/C(C)=N/c2ccc(C)cc2C)o1. The van der Waals surface area contributed by atoms with E-state index in [9.17, 15) is 0 Å². The molecule has 3 nitrogen and oxygen atoms in total. The van der Waals surface area contributed by atoms with Crippen molar-refractivity contribution in [1.29, 1.82) is 0 Å². The summed E-state index contributed by atoms with van der Waals surface area (Å²) in [5, 5.41) is 0. The van der Waals surface area contributed by atoms with Gasteiger partial charge in [-0.25, -0.2) is 9.98 Å². The van der Waals surface area contributed by atoms with E-state index in [1.165, 1.54) is 11.1 Å². The van der Waals surface area contributed by atoms with Gasteiger partial charge in [-0.15, -0.1) is 0 Å². The highest BCUT2D eigenvalue weighted by molar-refractivity contribution is 6.01. The molecule has 27 heavy (non-hydrogen) atoms. The van der Waals surface area contributed by atoms with E-state index in [0.29, 0.717) is 0 Å². The topological polar surface area (TPSA) is 37.9 Å². The summed E-state index contributed by atoms with van der Waals surface area (Å²) in [5.41, 5.74) is 8.45. The summed E-state index contributed by atoms with van der Waals surface area (Å²) < 4.78 is 6.02. The van der Waals surface area contributed by atoms with Crippen LogP contribution in [-0.2, 0) is 0 Å². The Kier molecular flexibility index (Phi) is 5.41. The minimum Gasteiger partial charge on any atom is -0.454 e. The molecule has 1 aromatic heterocycles. The highest BCUT2D eigenvalue weighted by Gasteiger charge is 2.09. The van der Waals surface area contributed by atoms with Crippen molar-refractivity contribution in [2.75, 3.05) is 0 Å². The molecule has 0 bridgehead atoms. The Labute approximate surface area is 161 Å². The third-order valence-electron chi connectivity index (χ3n) is 4.60. The predicted molar refractivity (Wildman–Crippen MR) is 114 cm³/mol. The number of benzene rings is 2. The molecule has 0 unspecified atom stereocenters. The summed E-state index contributed by atoms with van der Waals surface area (Å²) >= 11 is 0. The molecule has 0 aliphatic heterocycles. The molecule has 2 aromatic carbocycles. The summed E-state index contributed by atoms with van der Waals surface area (Å²) in [5.74, 6) is 1.53. The molecule has 0 saturated carbocycles. The quantitative estimate of drug-likeness (QED) is 0.473. The van der Waals surface area contributed by atoms with Crippen molar-refractivity contribution < 1.29 is 4.42 Å². The maximum absolute atomic E-state index is 6.02. The molecule has 0 saturated heterocycles. The molecule has 0 atom stereocenters. The normalized spacial score (nSPS) is 12.5. The van der Waals surface area contributed by atoms with E-state index in [1.807, 2.05) is 38.1 Å². The fourth-order valence-corrected chi connectivity index (χ4v) is 3.06. The second-order valence-corrected chi connectivity index (χ2v) is 7.14. The molecule has 3 rings (SSSR count). The standard InChI is InChI=1S/C24H26N2O/c1-15-7-9-21(17(3)13-15)25-19(5)23-11-12-24(27-23)20(6)26-22-10-8-16(2)14-18(22)4/h7-14H,1-6H3/b25-19+,26-20+. The van der Waals surface area contributed by atoms with Crippen LogP contribution in [0.2, 0.25) is 0 Å². The van der Waals surface area contributed by atoms with Gasteiger partial charge in [0, 0.05) is 0 Å². The summed E-state index contributed by atoms with van der Waals surface area (Å²) in [4.78, 5) is 9.47. The average Bonchev–Trinajstić information content (AvgIpc) is 3.10. The molecule has 138 valence electrons. The van der Waals surface area contributed by atoms with Crippen LogP contribution in [0.15, 0.2) is 62.9 Å². The molecule has 0 radical (unpaired) electrons. The maximum Gasteiger partial charge on any atom is 0.148 e. The van der Waals surface area contributed by atoms with Gasteiger partial charge in [0.15, 0.2) is 0 Å². The minimum absolute atomic E-state index is 0.764. The number of rotatable bonds is 4. The molecular weight excluding hydrogens is 332 g/mol. The molecule has 0 fully saturated rings.